The monoisotopic (exact) mass is 229 g/mol. The van der Waals surface area contributed by atoms with Crippen molar-refractivity contribution in [2.75, 3.05) is 26.9 Å². The molecule has 96 valence electrons. The van der Waals surface area contributed by atoms with Crippen molar-refractivity contribution in [1.82, 2.24) is 5.32 Å². The minimum atomic E-state index is 0.201. The van der Waals surface area contributed by atoms with Gasteiger partial charge in [0, 0.05) is 26.3 Å². The molecule has 1 unspecified atom stereocenters. The molecule has 0 radical (unpaired) electrons. The average Bonchev–Trinajstić information content (AvgIpc) is 2.17. The second-order valence-corrected chi connectivity index (χ2v) is 5.10. The molecule has 1 aliphatic rings. The van der Waals surface area contributed by atoms with Crippen molar-refractivity contribution in [3.63, 3.8) is 0 Å². The van der Waals surface area contributed by atoms with E-state index in [0.29, 0.717) is 12.6 Å². The number of hydrogen-bond donors (Lipinski definition) is 1. The van der Waals surface area contributed by atoms with Crippen molar-refractivity contribution < 1.29 is 9.47 Å². The fourth-order valence-corrected chi connectivity index (χ4v) is 1.90. The Bertz CT molecular complexity index is 169. The average molecular weight is 229 g/mol. The van der Waals surface area contributed by atoms with Crippen molar-refractivity contribution in [2.45, 2.75) is 51.7 Å². The Morgan fingerprint density at radius 3 is 2.56 bits per heavy atom. The van der Waals surface area contributed by atoms with Crippen LogP contribution in [-0.2, 0) is 9.47 Å². The topological polar surface area (TPSA) is 30.5 Å². The molecular formula is C13H27NO2. The lowest BCUT2D eigenvalue weighted by atomic mass is 9.83. The van der Waals surface area contributed by atoms with Crippen LogP contribution in [0.1, 0.15) is 39.5 Å². The summed E-state index contributed by atoms with van der Waals surface area (Å²) in [4.78, 5) is 0. The third kappa shape index (κ3) is 5.83. The molecule has 3 heteroatoms. The first-order valence-corrected chi connectivity index (χ1v) is 6.56. The summed E-state index contributed by atoms with van der Waals surface area (Å²) in [6, 6.07) is 0.509. The molecule has 0 aliphatic heterocycles. The molecule has 1 rings (SSSR count). The summed E-state index contributed by atoms with van der Waals surface area (Å²) in [7, 11) is 1.73. The molecule has 0 heterocycles. The first-order chi connectivity index (χ1) is 7.72. The predicted octanol–water partition coefficient (Wildman–Crippen LogP) is 2.21. The van der Waals surface area contributed by atoms with Crippen molar-refractivity contribution in [1.29, 1.82) is 0 Å². The van der Waals surface area contributed by atoms with Crippen LogP contribution in [-0.4, -0.2) is 39.0 Å². The molecule has 0 bridgehead atoms. The molecule has 0 aromatic heterocycles. The van der Waals surface area contributed by atoms with Gasteiger partial charge in [-0.25, -0.2) is 0 Å². The Morgan fingerprint density at radius 2 is 2.06 bits per heavy atom. The van der Waals surface area contributed by atoms with Gasteiger partial charge in [-0.15, -0.1) is 0 Å². The van der Waals surface area contributed by atoms with Gasteiger partial charge in [-0.05, 0) is 12.3 Å². The van der Waals surface area contributed by atoms with Crippen LogP contribution < -0.4 is 5.32 Å². The highest BCUT2D eigenvalue weighted by atomic mass is 16.5. The predicted molar refractivity (Wildman–Crippen MR) is 66.7 cm³/mol. The Labute approximate surface area is 99.9 Å². The van der Waals surface area contributed by atoms with E-state index in [1.165, 1.54) is 25.7 Å². The van der Waals surface area contributed by atoms with Gasteiger partial charge in [-0.1, -0.05) is 33.1 Å². The fraction of sp³-hybridized carbons (Fsp3) is 1.00. The second kappa shape index (κ2) is 8.04. The third-order valence-corrected chi connectivity index (χ3v) is 3.21. The zero-order valence-electron chi connectivity index (χ0n) is 11.0. The fourth-order valence-electron chi connectivity index (χ4n) is 1.90. The highest BCUT2D eigenvalue weighted by molar-refractivity contribution is 4.70. The van der Waals surface area contributed by atoms with Crippen molar-refractivity contribution in [3.05, 3.63) is 0 Å². The number of rotatable bonds is 9. The van der Waals surface area contributed by atoms with Gasteiger partial charge in [0.25, 0.3) is 0 Å². The maximum Gasteiger partial charge on any atom is 0.0932 e. The summed E-state index contributed by atoms with van der Waals surface area (Å²) in [5, 5.41) is 3.39. The largest absolute Gasteiger partial charge is 0.382 e. The second-order valence-electron chi connectivity index (χ2n) is 5.10. The molecule has 0 saturated heterocycles. The van der Waals surface area contributed by atoms with Crippen molar-refractivity contribution >= 4 is 0 Å². The molecule has 0 spiro atoms. The van der Waals surface area contributed by atoms with Gasteiger partial charge >= 0.3 is 0 Å². The number of hydrogen-bond acceptors (Lipinski definition) is 3. The van der Waals surface area contributed by atoms with Crippen molar-refractivity contribution in [3.8, 4) is 0 Å². The van der Waals surface area contributed by atoms with Crippen molar-refractivity contribution in [2.24, 2.45) is 5.92 Å². The molecule has 1 atom stereocenters. The molecule has 0 aromatic carbocycles. The molecule has 1 N–H and O–H groups in total. The highest BCUT2D eigenvalue weighted by Gasteiger charge is 2.17. The van der Waals surface area contributed by atoms with E-state index in [4.69, 9.17) is 9.47 Å². The summed E-state index contributed by atoms with van der Waals surface area (Å²) >= 11 is 0. The maximum atomic E-state index is 5.85. The van der Waals surface area contributed by atoms with E-state index in [9.17, 15) is 0 Å². The number of ether oxygens (including phenoxy) is 2. The number of nitrogens with one attached hydrogen (secondary N) is 1. The summed E-state index contributed by atoms with van der Waals surface area (Å²) in [6.07, 6.45) is 5.65. The van der Waals surface area contributed by atoms with E-state index in [-0.39, 0.29) is 6.10 Å². The standard InChI is InChI=1S/C13H27NO2/c1-11(2)14-9-13(10-15-3)16-8-7-12-5-4-6-12/h11-14H,4-10H2,1-3H3. The zero-order chi connectivity index (χ0) is 11.8. The van der Waals surface area contributed by atoms with Crippen LogP contribution in [0, 0.1) is 5.92 Å². The smallest absolute Gasteiger partial charge is 0.0932 e. The van der Waals surface area contributed by atoms with Gasteiger partial charge in [-0.3, -0.25) is 0 Å². The Kier molecular flexibility index (Phi) is 7.01. The molecule has 16 heavy (non-hydrogen) atoms. The maximum absolute atomic E-state index is 5.85. The van der Waals surface area contributed by atoms with E-state index in [1.807, 2.05) is 0 Å². The van der Waals surface area contributed by atoms with Crippen LogP contribution >= 0.6 is 0 Å². The first kappa shape index (κ1) is 13.9. The minimum absolute atomic E-state index is 0.201. The molecule has 1 saturated carbocycles. The Balaban J connectivity index is 2.05. The summed E-state index contributed by atoms with van der Waals surface area (Å²) in [5.74, 6) is 0.932. The lowest BCUT2D eigenvalue weighted by Crippen LogP contribution is -2.36. The Hall–Kier alpha value is -0.120. The molecule has 1 aliphatic carbocycles. The van der Waals surface area contributed by atoms with Crippen LogP contribution in [0.2, 0.25) is 0 Å². The third-order valence-electron chi connectivity index (χ3n) is 3.21. The summed E-state index contributed by atoms with van der Waals surface area (Å²) in [5.41, 5.74) is 0. The molecule has 3 nitrogen and oxygen atoms in total. The van der Waals surface area contributed by atoms with E-state index >= 15 is 0 Å². The van der Waals surface area contributed by atoms with Gasteiger partial charge in [0.05, 0.1) is 12.7 Å². The molecule has 0 aromatic rings. The lowest BCUT2D eigenvalue weighted by molar-refractivity contribution is -0.00993. The van der Waals surface area contributed by atoms with Gasteiger partial charge in [0.1, 0.15) is 0 Å². The zero-order valence-corrected chi connectivity index (χ0v) is 11.0. The van der Waals surface area contributed by atoms with Crippen LogP contribution in [0.3, 0.4) is 0 Å². The molecule has 0 amide bonds. The molecule has 1 fully saturated rings. The van der Waals surface area contributed by atoms with Gasteiger partial charge < -0.3 is 14.8 Å². The lowest BCUT2D eigenvalue weighted by Gasteiger charge is -2.26. The summed E-state index contributed by atoms with van der Waals surface area (Å²) in [6.45, 7) is 6.76. The first-order valence-electron chi connectivity index (χ1n) is 6.56. The van der Waals surface area contributed by atoms with E-state index in [0.717, 1.165) is 19.1 Å². The van der Waals surface area contributed by atoms with Gasteiger partial charge in [0.2, 0.25) is 0 Å². The SMILES string of the molecule is COCC(CNC(C)C)OCCC1CCC1. The van der Waals surface area contributed by atoms with Crippen LogP contribution in [0.15, 0.2) is 0 Å². The molecular weight excluding hydrogens is 202 g/mol. The van der Waals surface area contributed by atoms with Gasteiger partial charge in [0.15, 0.2) is 0 Å². The van der Waals surface area contributed by atoms with Crippen LogP contribution in [0.4, 0.5) is 0 Å². The van der Waals surface area contributed by atoms with E-state index in [2.05, 4.69) is 19.2 Å². The van der Waals surface area contributed by atoms with Gasteiger partial charge in [-0.2, -0.15) is 0 Å². The van der Waals surface area contributed by atoms with E-state index in [1.54, 1.807) is 7.11 Å². The quantitative estimate of drug-likeness (QED) is 0.657. The highest BCUT2D eigenvalue weighted by Crippen LogP contribution is 2.29. The summed E-state index contributed by atoms with van der Waals surface area (Å²) < 4.78 is 11.0. The number of methoxy groups -OCH3 is 1. The normalized spacial score (nSPS) is 18.8. The minimum Gasteiger partial charge on any atom is -0.382 e. The van der Waals surface area contributed by atoms with Crippen LogP contribution in [0.5, 0.6) is 0 Å². The Morgan fingerprint density at radius 1 is 1.31 bits per heavy atom. The van der Waals surface area contributed by atoms with E-state index < -0.39 is 0 Å². The van der Waals surface area contributed by atoms with Crippen LogP contribution in [0.25, 0.3) is 0 Å².